The Hall–Kier alpha value is -1.26. The minimum absolute atomic E-state index is 0.477. The lowest BCUT2D eigenvalue weighted by atomic mass is 10.2. The molecule has 1 atom stereocenters. The van der Waals surface area contributed by atoms with Gasteiger partial charge in [-0.3, -0.25) is 9.89 Å². The van der Waals surface area contributed by atoms with Crippen molar-refractivity contribution in [3.63, 3.8) is 0 Å². The predicted molar refractivity (Wildman–Crippen MR) is 92.0 cm³/mol. The van der Waals surface area contributed by atoms with Crippen molar-refractivity contribution in [3.05, 3.63) is 34.9 Å². The van der Waals surface area contributed by atoms with Crippen molar-refractivity contribution in [2.24, 2.45) is 4.99 Å². The zero-order valence-electron chi connectivity index (χ0n) is 13.5. The summed E-state index contributed by atoms with van der Waals surface area (Å²) >= 11 is 5.98. The Balaban J connectivity index is 2.42. The lowest BCUT2D eigenvalue weighted by Crippen LogP contribution is -2.45. The van der Waals surface area contributed by atoms with Gasteiger partial charge in [0.25, 0.3) is 0 Å². The first-order valence-electron chi connectivity index (χ1n) is 7.53. The smallest absolute Gasteiger partial charge is 0.191 e. The van der Waals surface area contributed by atoms with Crippen molar-refractivity contribution < 1.29 is 0 Å². The molecule has 0 heterocycles. The van der Waals surface area contributed by atoms with Crippen LogP contribution in [-0.2, 0) is 6.54 Å². The number of halogens is 1. The van der Waals surface area contributed by atoms with E-state index in [9.17, 15) is 0 Å². The molecule has 0 spiro atoms. The summed E-state index contributed by atoms with van der Waals surface area (Å²) < 4.78 is 0. The summed E-state index contributed by atoms with van der Waals surface area (Å²) in [5.41, 5.74) is 1.14. The molecule has 0 saturated heterocycles. The van der Waals surface area contributed by atoms with E-state index in [1.807, 2.05) is 24.3 Å². The molecule has 118 valence electrons. The van der Waals surface area contributed by atoms with Crippen molar-refractivity contribution >= 4 is 17.6 Å². The van der Waals surface area contributed by atoms with Crippen molar-refractivity contribution in [2.75, 3.05) is 26.7 Å². The maximum atomic E-state index is 5.98. The van der Waals surface area contributed by atoms with Gasteiger partial charge < -0.3 is 10.6 Å². The average Bonchev–Trinajstić information content (AvgIpc) is 2.48. The molecule has 0 aliphatic heterocycles. The maximum absolute atomic E-state index is 5.98. The molecule has 0 aliphatic rings. The third-order valence-corrected chi connectivity index (χ3v) is 3.81. The van der Waals surface area contributed by atoms with Crippen LogP contribution in [0.2, 0.25) is 5.02 Å². The lowest BCUT2D eigenvalue weighted by molar-refractivity contribution is 0.231. The van der Waals surface area contributed by atoms with Crippen LogP contribution in [0.5, 0.6) is 0 Å². The van der Waals surface area contributed by atoms with Crippen LogP contribution in [0.1, 0.15) is 26.3 Å². The van der Waals surface area contributed by atoms with Gasteiger partial charge in [-0.15, -0.1) is 0 Å². The van der Waals surface area contributed by atoms with Gasteiger partial charge in [0, 0.05) is 31.2 Å². The molecule has 4 nitrogen and oxygen atoms in total. The normalized spacial score (nSPS) is 13.3. The molecule has 21 heavy (non-hydrogen) atoms. The van der Waals surface area contributed by atoms with E-state index in [1.54, 1.807) is 7.05 Å². The van der Waals surface area contributed by atoms with Crippen LogP contribution in [-0.4, -0.2) is 43.6 Å². The molecule has 0 aromatic heterocycles. The number of aliphatic imine (C=N–C) groups is 1. The molecule has 0 bridgehead atoms. The lowest BCUT2D eigenvalue weighted by Gasteiger charge is -2.27. The monoisotopic (exact) mass is 310 g/mol. The summed E-state index contributed by atoms with van der Waals surface area (Å²) in [4.78, 5) is 6.67. The third kappa shape index (κ3) is 6.36. The van der Waals surface area contributed by atoms with Crippen LogP contribution < -0.4 is 10.6 Å². The second-order valence-electron chi connectivity index (χ2n) is 5.01. The topological polar surface area (TPSA) is 39.7 Å². The molecular formula is C16H27ClN4. The SMILES string of the molecule is CCN(CC)C(C)CNC(=NC)NCc1cccc(Cl)c1. The number of benzene rings is 1. The molecule has 0 amide bonds. The number of nitrogens with one attached hydrogen (secondary N) is 2. The quantitative estimate of drug-likeness (QED) is 0.601. The Labute approximate surface area is 133 Å². The Morgan fingerprint density at radius 3 is 2.57 bits per heavy atom. The fraction of sp³-hybridized carbons (Fsp3) is 0.562. The highest BCUT2D eigenvalue weighted by molar-refractivity contribution is 6.30. The molecule has 2 N–H and O–H groups in total. The number of guanidine groups is 1. The minimum Gasteiger partial charge on any atom is -0.355 e. The summed E-state index contributed by atoms with van der Waals surface area (Å²) in [6.07, 6.45) is 0. The molecule has 0 fully saturated rings. The van der Waals surface area contributed by atoms with Crippen molar-refractivity contribution in [1.82, 2.24) is 15.5 Å². The molecular weight excluding hydrogens is 284 g/mol. The fourth-order valence-corrected chi connectivity index (χ4v) is 2.49. The summed E-state index contributed by atoms with van der Waals surface area (Å²) in [7, 11) is 1.79. The molecule has 1 unspecified atom stereocenters. The van der Waals surface area contributed by atoms with Crippen LogP contribution in [0.25, 0.3) is 0 Å². The van der Waals surface area contributed by atoms with E-state index in [0.29, 0.717) is 12.6 Å². The standard InChI is InChI=1S/C16H27ClN4/c1-5-21(6-2)13(3)11-19-16(18-4)20-12-14-8-7-9-15(17)10-14/h7-10,13H,5-6,11-12H2,1-4H3,(H2,18,19,20). The molecule has 1 aromatic rings. The van der Waals surface area contributed by atoms with Gasteiger partial charge in [-0.1, -0.05) is 37.6 Å². The molecule has 0 radical (unpaired) electrons. The Kier molecular flexibility index (Phi) is 8.16. The highest BCUT2D eigenvalue weighted by Crippen LogP contribution is 2.10. The van der Waals surface area contributed by atoms with E-state index < -0.39 is 0 Å². The van der Waals surface area contributed by atoms with Crippen LogP contribution in [0.3, 0.4) is 0 Å². The van der Waals surface area contributed by atoms with E-state index in [4.69, 9.17) is 11.6 Å². The number of nitrogens with zero attached hydrogens (tertiary/aromatic N) is 2. The van der Waals surface area contributed by atoms with E-state index in [1.165, 1.54) is 0 Å². The van der Waals surface area contributed by atoms with E-state index in [-0.39, 0.29) is 0 Å². The number of hydrogen-bond acceptors (Lipinski definition) is 2. The third-order valence-electron chi connectivity index (χ3n) is 3.57. The van der Waals surface area contributed by atoms with Crippen molar-refractivity contribution in [2.45, 2.75) is 33.4 Å². The van der Waals surface area contributed by atoms with E-state index >= 15 is 0 Å². The van der Waals surface area contributed by atoms with Crippen LogP contribution in [0, 0.1) is 0 Å². The summed E-state index contributed by atoms with van der Waals surface area (Å²) in [6, 6.07) is 8.32. The van der Waals surface area contributed by atoms with Gasteiger partial charge in [-0.25, -0.2) is 0 Å². The number of rotatable bonds is 7. The van der Waals surface area contributed by atoms with Crippen LogP contribution >= 0.6 is 11.6 Å². The molecule has 0 saturated carbocycles. The second kappa shape index (κ2) is 9.64. The van der Waals surface area contributed by atoms with Crippen molar-refractivity contribution in [1.29, 1.82) is 0 Å². The highest BCUT2D eigenvalue weighted by atomic mass is 35.5. The Morgan fingerprint density at radius 2 is 2.00 bits per heavy atom. The van der Waals surface area contributed by atoms with Gasteiger partial charge in [0.2, 0.25) is 0 Å². The zero-order valence-corrected chi connectivity index (χ0v) is 14.2. The maximum Gasteiger partial charge on any atom is 0.191 e. The van der Waals surface area contributed by atoms with E-state index in [2.05, 4.69) is 41.3 Å². The van der Waals surface area contributed by atoms with Gasteiger partial charge in [0.1, 0.15) is 0 Å². The molecule has 1 aromatic carbocycles. The first-order chi connectivity index (χ1) is 10.1. The summed E-state index contributed by atoms with van der Waals surface area (Å²) in [5, 5.41) is 7.43. The first-order valence-corrected chi connectivity index (χ1v) is 7.91. The molecule has 5 heteroatoms. The zero-order chi connectivity index (χ0) is 15.7. The minimum atomic E-state index is 0.477. The first kappa shape index (κ1) is 17.8. The molecule has 0 aliphatic carbocycles. The summed E-state index contributed by atoms with van der Waals surface area (Å²) in [5.74, 6) is 0.814. The fourth-order valence-electron chi connectivity index (χ4n) is 2.27. The van der Waals surface area contributed by atoms with Gasteiger partial charge in [0.05, 0.1) is 0 Å². The van der Waals surface area contributed by atoms with Crippen LogP contribution in [0.4, 0.5) is 0 Å². The molecule has 1 rings (SSSR count). The Bertz CT molecular complexity index is 444. The Morgan fingerprint density at radius 1 is 1.29 bits per heavy atom. The van der Waals surface area contributed by atoms with E-state index in [0.717, 1.165) is 36.2 Å². The van der Waals surface area contributed by atoms with Gasteiger partial charge >= 0.3 is 0 Å². The number of hydrogen-bond donors (Lipinski definition) is 2. The largest absolute Gasteiger partial charge is 0.355 e. The second-order valence-corrected chi connectivity index (χ2v) is 5.44. The van der Waals surface area contributed by atoms with Crippen molar-refractivity contribution in [3.8, 4) is 0 Å². The highest BCUT2D eigenvalue weighted by Gasteiger charge is 2.10. The predicted octanol–water partition coefficient (Wildman–Crippen LogP) is 2.74. The average molecular weight is 311 g/mol. The van der Waals surface area contributed by atoms with Gasteiger partial charge in [0.15, 0.2) is 5.96 Å². The number of likely N-dealkylation sites (N-methyl/N-ethyl adjacent to an activating group) is 1. The van der Waals surface area contributed by atoms with Crippen LogP contribution in [0.15, 0.2) is 29.3 Å². The van der Waals surface area contributed by atoms with Gasteiger partial charge in [-0.05, 0) is 37.7 Å². The summed E-state index contributed by atoms with van der Waals surface area (Å²) in [6.45, 7) is 10.3. The van der Waals surface area contributed by atoms with Gasteiger partial charge in [-0.2, -0.15) is 0 Å².